The van der Waals surface area contributed by atoms with Gasteiger partial charge in [0.15, 0.2) is 16.6 Å². The van der Waals surface area contributed by atoms with Crippen molar-refractivity contribution < 1.29 is 22.7 Å². The number of ether oxygens (including phenoxy) is 2. The molecule has 144 valence electrons. The highest BCUT2D eigenvalue weighted by molar-refractivity contribution is 7.89. The molecule has 2 aliphatic rings. The number of nitrogens with zero attached hydrogens (tertiary/aromatic N) is 2. The van der Waals surface area contributed by atoms with Crippen LogP contribution in [-0.2, 0) is 27.8 Å². The van der Waals surface area contributed by atoms with E-state index in [0.717, 1.165) is 10.6 Å². The van der Waals surface area contributed by atoms with Crippen LogP contribution < -0.4 is 14.8 Å². The van der Waals surface area contributed by atoms with E-state index < -0.39 is 16.1 Å². The van der Waals surface area contributed by atoms with Crippen LogP contribution in [0.2, 0.25) is 0 Å². The molecule has 8 nitrogen and oxygen atoms in total. The van der Waals surface area contributed by atoms with Crippen LogP contribution in [0.5, 0.6) is 11.5 Å². The van der Waals surface area contributed by atoms with Crippen molar-refractivity contribution in [3.8, 4) is 11.5 Å². The zero-order valence-electron chi connectivity index (χ0n) is 14.7. The lowest BCUT2D eigenvalue weighted by Gasteiger charge is -2.25. The Hall–Kier alpha value is -2.17. The van der Waals surface area contributed by atoms with Crippen molar-refractivity contribution in [3.05, 3.63) is 34.8 Å². The van der Waals surface area contributed by atoms with Crippen molar-refractivity contribution >= 4 is 32.4 Å². The highest BCUT2D eigenvalue weighted by Crippen LogP contribution is 2.32. The third-order valence-electron chi connectivity index (χ3n) is 4.49. The van der Waals surface area contributed by atoms with Crippen LogP contribution in [0.4, 0.5) is 5.13 Å². The first kappa shape index (κ1) is 18.2. The first-order valence-corrected chi connectivity index (χ1v) is 11.0. The summed E-state index contributed by atoms with van der Waals surface area (Å²) in [5.41, 5.74) is 0.837. The van der Waals surface area contributed by atoms with Gasteiger partial charge in [-0.3, -0.25) is 10.1 Å². The molecule has 1 aromatic carbocycles. The molecule has 1 atom stereocenters. The monoisotopic (exact) mass is 409 g/mol. The van der Waals surface area contributed by atoms with Crippen molar-refractivity contribution in [1.82, 2.24) is 9.29 Å². The zero-order valence-corrected chi connectivity index (χ0v) is 16.3. The second-order valence-corrected chi connectivity index (χ2v) is 9.57. The first-order chi connectivity index (χ1) is 13.0. The highest BCUT2D eigenvalue weighted by Gasteiger charge is 2.30. The van der Waals surface area contributed by atoms with Crippen LogP contribution in [0, 0.1) is 0 Å². The van der Waals surface area contributed by atoms with Gasteiger partial charge in [-0.15, -0.1) is 11.3 Å². The van der Waals surface area contributed by atoms with Crippen molar-refractivity contribution in [2.24, 2.45) is 0 Å². The Balaban J connectivity index is 1.44. The molecule has 0 aliphatic carbocycles. The van der Waals surface area contributed by atoms with E-state index in [9.17, 15) is 13.2 Å². The average molecular weight is 409 g/mol. The molecule has 2 aromatic rings. The van der Waals surface area contributed by atoms with Crippen molar-refractivity contribution in [3.63, 3.8) is 0 Å². The minimum atomic E-state index is -3.23. The number of sulfonamides is 1. The highest BCUT2D eigenvalue weighted by atomic mass is 32.2. The Morgan fingerprint density at radius 2 is 2.15 bits per heavy atom. The van der Waals surface area contributed by atoms with Gasteiger partial charge in [-0.25, -0.2) is 13.4 Å². The maximum absolute atomic E-state index is 12.5. The van der Waals surface area contributed by atoms with E-state index in [1.165, 1.54) is 15.6 Å². The lowest BCUT2D eigenvalue weighted by Crippen LogP contribution is -2.40. The maximum atomic E-state index is 12.5. The molecule has 10 heteroatoms. The lowest BCUT2D eigenvalue weighted by molar-refractivity contribution is -0.125. The average Bonchev–Trinajstić information content (AvgIpc) is 3.08. The summed E-state index contributed by atoms with van der Waals surface area (Å²) in [6, 6.07) is 7.19. The van der Waals surface area contributed by atoms with Crippen molar-refractivity contribution in [2.75, 3.05) is 24.2 Å². The molecule has 1 N–H and O–H groups in total. The van der Waals surface area contributed by atoms with Crippen LogP contribution in [0.3, 0.4) is 0 Å². The maximum Gasteiger partial charge on any atom is 0.270 e. The number of rotatable bonds is 4. The Morgan fingerprint density at radius 1 is 1.37 bits per heavy atom. The van der Waals surface area contributed by atoms with Crippen LogP contribution >= 0.6 is 11.3 Å². The molecule has 0 radical (unpaired) electrons. The Morgan fingerprint density at radius 3 is 2.93 bits per heavy atom. The lowest BCUT2D eigenvalue weighted by atomic mass is 10.2. The van der Waals surface area contributed by atoms with E-state index >= 15 is 0 Å². The molecule has 1 amide bonds. The summed E-state index contributed by atoms with van der Waals surface area (Å²) in [6.45, 7) is 2.47. The fourth-order valence-corrected chi connectivity index (χ4v) is 5.15. The summed E-state index contributed by atoms with van der Waals surface area (Å²) in [4.78, 5) is 17.8. The number of anilines is 1. The number of hydrogen-bond acceptors (Lipinski definition) is 7. The topological polar surface area (TPSA) is 97.8 Å². The number of nitrogens with one attached hydrogen (secondary N) is 1. The van der Waals surface area contributed by atoms with Gasteiger partial charge in [0, 0.05) is 24.4 Å². The summed E-state index contributed by atoms with van der Waals surface area (Å²) >= 11 is 1.30. The zero-order chi connectivity index (χ0) is 19.0. The summed E-state index contributed by atoms with van der Waals surface area (Å²) in [6.07, 6.45) is -0.227. The second-order valence-electron chi connectivity index (χ2n) is 6.23. The standard InChI is InChI=1S/C17H19N3O5S2/c1-2-27(22,23)20-8-7-11-15(9-20)26-17(18-11)19-16(21)14-10-24-12-5-3-4-6-13(12)25-14/h3-6,14H,2,7-10H2,1H3,(H,18,19,21). The molecule has 4 rings (SSSR count). The number of amides is 1. The third kappa shape index (κ3) is 3.64. The normalized spacial score (nSPS) is 19.4. The van der Waals surface area contributed by atoms with E-state index in [2.05, 4.69) is 10.3 Å². The molecule has 0 spiro atoms. The first-order valence-electron chi connectivity index (χ1n) is 8.62. The Labute approximate surface area is 161 Å². The van der Waals surface area contributed by atoms with Gasteiger partial charge in [-0.2, -0.15) is 4.31 Å². The number of carbonyl (C=O) groups is 1. The number of para-hydroxylation sites is 2. The van der Waals surface area contributed by atoms with Crippen LogP contribution in [0.15, 0.2) is 24.3 Å². The van der Waals surface area contributed by atoms with Gasteiger partial charge >= 0.3 is 0 Å². The molecule has 0 bridgehead atoms. The van der Waals surface area contributed by atoms with Gasteiger partial charge in [-0.05, 0) is 19.1 Å². The quantitative estimate of drug-likeness (QED) is 0.824. The molecule has 1 unspecified atom stereocenters. The number of hydrogen-bond donors (Lipinski definition) is 1. The molecule has 0 fully saturated rings. The van der Waals surface area contributed by atoms with E-state index in [1.807, 2.05) is 12.1 Å². The van der Waals surface area contributed by atoms with Gasteiger partial charge in [0.05, 0.1) is 11.4 Å². The van der Waals surface area contributed by atoms with Crippen LogP contribution in [0.25, 0.3) is 0 Å². The van der Waals surface area contributed by atoms with Crippen molar-refractivity contribution in [1.29, 1.82) is 0 Å². The van der Waals surface area contributed by atoms with Gasteiger partial charge in [0.25, 0.3) is 5.91 Å². The fourth-order valence-electron chi connectivity index (χ4n) is 2.98. The Kier molecular flexibility index (Phi) is 4.79. The van der Waals surface area contributed by atoms with Crippen LogP contribution in [-0.4, -0.2) is 48.6 Å². The number of benzene rings is 1. The van der Waals surface area contributed by atoms with E-state index in [0.29, 0.717) is 36.1 Å². The number of thiazole rings is 1. The summed E-state index contributed by atoms with van der Waals surface area (Å²) in [7, 11) is -3.23. The van der Waals surface area contributed by atoms with Crippen molar-refractivity contribution in [2.45, 2.75) is 26.0 Å². The molecule has 27 heavy (non-hydrogen) atoms. The molecule has 1 aromatic heterocycles. The number of aromatic nitrogens is 1. The fraction of sp³-hybridized carbons (Fsp3) is 0.412. The number of fused-ring (bicyclic) bond motifs is 2. The van der Waals surface area contributed by atoms with Gasteiger partial charge in [0.1, 0.15) is 6.61 Å². The predicted molar refractivity (Wildman–Crippen MR) is 101 cm³/mol. The summed E-state index contributed by atoms with van der Waals surface area (Å²) < 4.78 is 36.9. The van der Waals surface area contributed by atoms with Gasteiger partial charge in [0.2, 0.25) is 16.1 Å². The third-order valence-corrected chi connectivity index (χ3v) is 7.31. The SMILES string of the molecule is CCS(=O)(=O)N1CCc2nc(NC(=O)C3COc4ccccc4O3)sc2C1. The minimum Gasteiger partial charge on any atom is -0.485 e. The van der Waals surface area contributed by atoms with E-state index in [1.54, 1.807) is 19.1 Å². The molecule has 0 saturated carbocycles. The predicted octanol–water partition coefficient (Wildman–Crippen LogP) is 1.63. The Bertz CT molecular complexity index is 973. The largest absolute Gasteiger partial charge is 0.485 e. The molecular weight excluding hydrogens is 390 g/mol. The summed E-state index contributed by atoms with van der Waals surface area (Å²) in [5, 5.41) is 3.21. The molecule has 2 aliphatic heterocycles. The molecule has 0 saturated heterocycles. The van der Waals surface area contributed by atoms with E-state index in [4.69, 9.17) is 9.47 Å². The molecular formula is C17H19N3O5S2. The minimum absolute atomic E-state index is 0.0746. The number of carbonyl (C=O) groups excluding carboxylic acids is 1. The second kappa shape index (κ2) is 7.10. The molecule has 3 heterocycles. The van der Waals surface area contributed by atoms with Crippen LogP contribution in [0.1, 0.15) is 17.5 Å². The summed E-state index contributed by atoms with van der Waals surface area (Å²) in [5.74, 6) is 0.880. The van der Waals surface area contributed by atoms with Gasteiger partial charge in [-0.1, -0.05) is 12.1 Å². The smallest absolute Gasteiger partial charge is 0.270 e. The van der Waals surface area contributed by atoms with Gasteiger partial charge < -0.3 is 9.47 Å². The van der Waals surface area contributed by atoms with E-state index in [-0.39, 0.29) is 18.3 Å².